The van der Waals surface area contributed by atoms with Gasteiger partial charge < -0.3 is 9.80 Å². The van der Waals surface area contributed by atoms with Gasteiger partial charge in [0.25, 0.3) is 10.0 Å². The molecule has 2 heterocycles. The summed E-state index contributed by atoms with van der Waals surface area (Å²) >= 11 is 0. The molecule has 5 nitrogen and oxygen atoms in total. The van der Waals surface area contributed by atoms with E-state index < -0.39 is 21.8 Å². The second-order valence-corrected chi connectivity index (χ2v) is 10.2. The lowest BCUT2D eigenvalue weighted by molar-refractivity contribution is -0.137. The van der Waals surface area contributed by atoms with E-state index in [4.69, 9.17) is 0 Å². The summed E-state index contributed by atoms with van der Waals surface area (Å²) in [5.74, 6) is 0.760. The van der Waals surface area contributed by atoms with Crippen molar-refractivity contribution in [3.05, 3.63) is 70.8 Å². The molecule has 2 aromatic rings. The molecule has 176 valence electrons. The van der Waals surface area contributed by atoms with Gasteiger partial charge in [0.05, 0.1) is 5.56 Å². The smallest absolute Gasteiger partial charge is 0.368 e. The average molecular weight is 478 g/mol. The van der Waals surface area contributed by atoms with Gasteiger partial charge in [-0.15, -0.1) is 4.40 Å². The molecule has 0 saturated carbocycles. The Labute approximate surface area is 192 Å². The minimum Gasteiger partial charge on any atom is -0.368 e. The van der Waals surface area contributed by atoms with Crippen LogP contribution in [0.15, 0.2) is 58.5 Å². The van der Waals surface area contributed by atoms with Crippen LogP contribution in [0, 0.1) is 0 Å². The number of sulfonamides is 1. The summed E-state index contributed by atoms with van der Waals surface area (Å²) in [6, 6.07) is 12.8. The number of benzene rings is 2. The van der Waals surface area contributed by atoms with Gasteiger partial charge in [0.15, 0.2) is 0 Å². The van der Waals surface area contributed by atoms with Crippen molar-refractivity contribution in [2.75, 3.05) is 31.1 Å². The van der Waals surface area contributed by atoms with Gasteiger partial charge in [0.2, 0.25) is 0 Å². The van der Waals surface area contributed by atoms with Crippen molar-refractivity contribution in [2.24, 2.45) is 4.40 Å². The zero-order valence-electron chi connectivity index (χ0n) is 18.7. The zero-order chi connectivity index (χ0) is 24.0. The van der Waals surface area contributed by atoms with Crippen molar-refractivity contribution in [3.63, 3.8) is 0 Å². The van der Waals surface area contributed by atoms with E-state index in [-0.39, 0.29) is 4.91 Å². The third-order valence-electron chi connectivity index (χ3n) is 6.10. The van der Waals surface area contributed by atoms with E-state index in [1.165, 1.54) is 6.07 Å². The molecule has 0 aromatic heterocycles. The van der Waals surface area contributed by atoms with Crippen LogP contribution >= 0.6 is 0 Å². The molecule has 1 fully saturated rings. The average Bonchev–Trinajstić information content (AvgIpc) is 3.02. The van der Waals surface area contributed by atoms with E-state index in [0.29, 0.717) is 54.8 Å². The van der Waals surface area contributed by atoms with Crippen LogP contribution in [0.25, 0.3) is 4.91 Å². The number of amidine groups is 1. The molecule has 2 aliphatic rings. The van der Waals surface area contributed by atoms with Gasteiger partial charge in [0, 0.05) is 37.4 Å². The Hall–Kier alpha value is -2.81. The third-order valence-corrected chi connectivity index (χ3v) is 7.57. The number of rotatable bonds is 3. The molecular formula is C24H26F3N3O2S. The molecular weight excluding hydrogens is 451 g/mol. The maximum absolute atomic E-state index is 13.1. The van der Waals surface area contributed by atoms with E-state index >= 15 is 0 Å². The summed E-state index contributed by atoms with van der Waals surface area (Å²) in [5, 5.41) is 0. The van der Waals surface area contributed by atoms with Crippen LogP contribution in [-0.4, -0.2) is 45.3 Å². The SMILES string of the molecule is CC1=C(c2ccc(C(C)C)cc2)S(=O)(=O)N=C1N1CCN(c2cccc(C(F)(F)F)c2)CC1. The first-order chi connectivity index (χ1) is 15.5. The summed E-state index contributed by atoms with van der Waals surface area (Å²) in [6.45, 7) is 7.76. The highest BCUT2D eigenvalue weighted by Gasteiger charge is 2.35. The van der Waals surface area contributed by atoms with Crippen molar-refractivity contribution in [1.82, 2.24) is 4.90 Å². The molecule has 0 N–H and O–H groups in total. The molecule has 4 rings (SSSR count). The molecule has 9 heteroatoms. The standard InChI is InChI=1S/C24H26F3N3O2S/c1-16(2)18-7-9-19(10-8-18)22-17(3)23(28-33(22,31)32)30-13-11-29(12-14-30)21-6-4-5-20(15-21)24(25,26)27/h4-10,15-16H,11-14H2,1-3H3. The highest BCUT2D eigenvalue weighted by atomic mass is 32.2. The lowest BCUT2D eigenvalue weighted by Gasteiger charge is -2.37. The maximum Gasteiger partial charge on any atom is 0.416 e. The van der Waals surface area contributed by atoms with Gasteiger partial charge in [-0.25, -0.2) is 0 Å². The molecule has 0 unspecified atom stereocenters. The Kier molecular flexibility index (Phi) is 6.03. The molecule has 0 radical (unpaired) electrons. The van der Waals surface area contributed by atoms with Crippen LogP contribution in [0.4, 0.5) is 18.9 Å². The Bertz CT molecular complexity index is 1210. The first-order valence-electron chi connectivity index (χ1n) is 10.8. The van der Waals surface area contributed by atoms with Crippen molar-refractivity contribution < 1.29 is 21.6 Å². The van der Waals surface area contributed by atoms with Gasteiger partial charge in [-0.1, -0.05) is 44.2 Å². The predicted octanol–water partition coefficient (Wildman–Crippen LogP) is 5.12. The molecule has 0 spiro atoms. The van der Waals surface area contributed by atoms with E-state index in [1.807, 2.05) is 34.1 Å². The molecule has 33 heavy (non-hydrogen) atoms. The topological polar surface area (TPSA) is 53.0 Å². The summed E-state index contributed by atoms with van der Waals surface area (Å²) in [5.41, 5.74) is 2.15. The summed E-state index contributed by atoms with van der Waals surface area (Å²) in [6.07, 6.45) is -4.39. The summed E-state index contributed by atoms with van der Waals surface area (Å²) in [7, 11) is -3.82. The third kappa shape index (κ3) is 4.64. The Morgan fingerprint density at radius 1 is 0.939 bits per heavy atom. The van der Waals surface area contributed by atoms with Crippen LogP contribution in [-0.2, 0) is 16.2 Å². The van der Waals surface area contributed by atoms with Crippen LogP contribution in [0.3, 0.4) is 0 Å². The van der Waals surface area contributed by atoms with Crippen LogP contribution < -0.4 is 4.90 Å². The Morgan fingerprint density at radius 2 is 1.55 bits per heavy atom. The summed E-state index contributed by atoms with van der Waals surface area (Å²) < 4.78 is 69.0. The first-order valence-corrected chi connectivity index (χ1v) is 12.2. The molecule has 0 atom stereocenters. The van der Waals surface area contributed by atoms with Crippen LogP contribution in [0.2, 0.25) is 0 Å². The van der Waals surface area contributed by atoms with Gasteiger partial charge in [-0.3, -0.25) is 0 Å². The Morgan fingerprint density at radius 3 is 2.12 bits per heavy atom. The van der Waals surface area contributed by atoms with Crippen LogP contribution in [0.5, 0.6) is 0 Å². The molecule has 1 saturated heterocycles. The minimum absolute atomic E-state index is 0.216. The summed E-state index contributed by atoms with van der Waals surface area (Å²) in [4.78, 5) is 3.99. The van der Waals surface area contributed by atoms with E-state index in [1.54, 1.807) is 13.0 Å². The number of hydrogen-bond acceptors (Lipinski definition) is 4. The van der Waals surface area contributed by atoms with Gasteiger partial charge >= 0.3 is 6.18 Å². The number of alkyl halides is 3. The number of piperazine rings is 1. The molecule has 0 aliphatic carbocycles. The van der Waals surface area contributed by atoms with Crippen molar-refractivity contribution in [2.45, 2.75) is 32.9 Å². The lowest BCUT2D eigenvalue weighted by Crippen LogP contribution is -2.48. The Balaban J connectivity index is 1.53. The molecule has 2 aliphatic heterocycles. The lowest BCUT2D eigenvalue weighted by atomic mass is 10.0. The van der Waals surface area contributed by atoms with Crippen molar-refractivity contribution >= 4 is 26.5 Å². The van der Waals surface area contributed by atoms with Gasteiger partial charge in [0.1, 0.15) is 10.7 Å². The van der Waals surface area contributed by atoms with E-state index in [2.05, 4.69) is 18.2 Å². The van der Waals surface area contributed by atoms with Crippen molar-refractivity contribution in [3.8, 4) is 0 Å². The van der Waals surface area contributed by atoms with E-state index in [0.717, 1.165) is 17.7 Å². The predicted molar refractivity (Wildman–Crippen MR) is 125 cm³/mol. The molecule has 0 bridgehead atoms. The fraction of sp³-hybridized carbons (Fsp3) is 0.375. The fourth-order valence-electron chi connectivity index (χ4n) is 4.26. The number of halogens is 3. The first kappa shape index (κ1) is 23.4. The van der Waals surface area contributed by atoms with Gasteiger partial charge in [-0.2, -0.15) is 21.6 Å². The second kappa shape index (κ2) is 8.52. The second-order valence-electron chi connectivity index (χ2n) is 8.64. The fourth-order valence-corrected chi connectivity index (χ4v) is 5.74. The highest BCUT2D eigenvalue weighted by molar-refractivity contribution is 8.00. The minimum atomic E-state index is -4.39. The van der Waals surface area contributed by atoms with Crippen LogP contribution in [0.1, 0.15) is 43.4 Å². The number of nitrogens with zero attached hydrogens (tertiary/aromatic N) is 3. The van der Waals surface area contributed by atoms with Gasteiger partial charge in [-0.05, 0) is 42.2 Å². The molecule has 2 aromatic carbocycles. The number of hydrogen-bond donors (Lipinski definition) is 0. The van der Waals surface area contributed by atoms with E-state index in [9.17, 15) is 21.6 Å². The van der Waals surface area contributed by atoms with Crippen molar-refractivity contribution in [1.29, 1.82) is 0 Å². The zero-order valence-corrected chi connectivity index (χ0v) is 19.5. The maximum atomic E-state index is 13.1. The monoisotopic (exact) mass is 477 g/mol. The quantitative estimate of drug-likeness (QED) is 0.616. The molecule has 0 amide bonds. The largest absolute Gasteiger partial charge is 0.416 e. The highest BCUT2D eigenvalue weighted by Crippen LogP contribution is 2.35. The normalized spacial score (nSPS) is 18.8. The number of anilines is 1.